The first-order valence-electron chi connectivity index (χ1n) is 9.38. The Kier molecular flexibility index (Phi) is 4.79. The number of carbonyl (C=O) groups excluding carboxylic acids is 1. The second-order valence-electron chi connectivity index (χ2n) is 7.38. The minimum Gasteiger partial charge on any atom is -0.493 e. The van der Waals surface area contributed by atoms with Crippen molar-refractivity contribution < 1.29 is 19.0 Å². The molecule has 0 radical (unpaired) electrons. The number of fused-ring (bicyclic) bond motifs is 2. The Labute approximate surface area is 159 Å². The van der Waals surface area contributed by atoms with Crippen LogP contribution >= 0.6 is 0 Å². The lowest BCUT2D eigenvalue weighted by molar-refractivity contribution is -0.168. The molecule has 0 bridgehead atoms. The third-order valence-corrected chi connectivity index (χ3v) is 5.56. The lowest BCUT2D eigenvalue weighted by Gasteiger charge is -2.43. The summed E-state index contributed by atoms with van der Waals surface area (Å²) in [5.74, 6) is 1.19. The summed E-state index contributed by atoms with van der Waals surface area (Å²) >= 11 is 0. The van der Waals surface area contributed by atoms with Gasteiger partial charge in [-0.1, -0.05) is 30.3 Å². The van der Waals surface area contributed by atoms with Crippen molar-refractivity contribution >= 4 is 5.97 Å². The van der Waals surface area contributed by atoms with Gasteiger partial charge in [0.05, 0.1) is 13.5 Å². The number of ether oxygens (including phenoxy) is 3. The summed E-state index contributed by atoms with van der Waals surface area (Å²) in [6, 6.07) is 14.0. The molecule has 0 amide bonds. The van der Waals surface area contributed by atoms with Crippen molar-refractivity contribution in [1.82, 2.24) is 4.90 Å². The van der Waals surface area contributed by atoms with E-state index < -0.39 is 5.60 Å². The number of carbonyl (C=O) groups is 1. The number of likely N-dealkylation sites (tertiary alicyclic amines) is 1. The van der Waals surface area contributed by atoms with Crippen molar-refractivity contribution in [3.63, 3.8) is 0 Å². The minimum absolute atomic E-state index is 0.160. The van der Waals surface area contributed by atoms with E-state index in [2.05, 4.69) is 11.9 Å². The largest absolute Gasteiger partial charge is 0.493 e. The summed E-state index contributed by atoms with van der Waals surface area (Å²) < 4.78 is 17.5. The summed E-state index contributed by atoms with van der Waals surface area (Å²) in [7, 11) is 3.73. The topological polar surface area (TPSA) is 48.0 Å². The van der Waals surface area contributed by atoms with Crippen LogP contribution in [0.25, 0.3) is 0 Å². The van der Waals surface area contributed by atoms with Crippen LogP contribution < -0.4 is 9.47 Å². The van der Waals surface area contributed by atoms with Gasteiger partial charge in [-0.15, -0.1) is 0 Å². The number of piperidine rings is 1. The summed E-state index contributed by atoms with van der Waals surface area (Å²) in [4.78, 5) is 14.5. The highest BCUT2D eigenvalue weighted by atomic mass is 16.6. The molecule has 0 aromatic heterocycles. The van der Waals surface area contributed by atoms with Gasteiger partial charge < -0.3 is 19.1 Å². The van der Waals surface area contributed by atoms with Crippen molar-refractivity contribution in [2.24, 2.45) is 0 Å². The van der Waals surface area contributed by atoms with Crippen LogP contribution in [0, 0.1) is 0 Å². The molecule has 27 heavy (non-hydrogen) atoms. The lowest BCUT2D eigenvalue weighted by Crippen LogP contribution is -2.46. The van der Waals surface area contributed by atoms with E-state index in [1.54, 1.807) is 7.11 Å². The van der Waals surface area contributed by atoms with E-state index in [0.29, 0.717) is 18.1 Å². The fraction of sp³-hybridized carbons (Fsp3) is 0.409. The smallest absolute Gasteiger partial charge is 0.311 e. The zero-order valence-corrected chi connectivity index (χ0v) is 15.9. The summed E-state index contributed by atoms with van der Waals surface area (Å²) in [6.07, 6.45) is 1.88. The number of esters is 1. The monoisotopic (exact) mass is 367 g/mol. The Morgan fingerprint density at radius 1 is 1.11 bits per heavy atom. The van der Waals surface area contributed by atoms with Gasteiger partial charge in [0.2, 0.25) is 0 Å². The zero-order valence-electron chi connectivity index (χ0n) is 15.9. The second kappa shape index (κ2) is 7.24. The third-order valence-electron chi connectivity index (χ3n) is 5.56. The SMILES string of the molecule is COc1cc2c(cc1OCc1ccccc1)C1(CCN(C)CC1)OC(=O)C2. The van der Waals surface area contributed by atoms with E-state index in [1.807, 2.05) is 42.5 Å². The Hall–Kier alpha value is -2.53. The molecule has 1 spiro atoms. The van der Waals surface area contributed by atoms with Gasteiger partial charge in [-0.3, -0.25) is 4.79 Å². The Bertz CT molecular complexity index is 826. The summed E-state index contributed by atoms with van der Waals surface area (Å²) in [5.41, 5.74) is 2.60. The first-order chi connectivity index (χ1) is 13.1. The molecule has 0 aliphatic carbocycles. The molecule has 142 valence electrons. The van der Waals surface area contributed by atoms with Crippen LogP contribution in [-0.2, 0) is 28.2 Å². The van der Waals surface area contributed by atoms with E-state index in [0.717, 1.165) is 42.6 Å². The van der Waals surface area contributed by atoms with Crippen LogP contribution in [0.2, 0.25) is 0 Å². The number of hydrogen-bond acceptors (Lipinski definition) is 5. The predicted molar refractivity (Wildman–Crippen MR) is 102 cm³/mol. The van der Waals surface area contributed by atoms with E-state index in [9.17, 15) is 4.79 Å². The third kappa shape index (κ3) is 3.52. The van der Waals surface area contributed by atoms with Crippen LogP contribution in [0.5, 0.6) is 11.5 Å². The average Bonchev–Trinajstić information content (AvgIpc) is 2.69. The molecule has 2 aliphatic rings. The molecular formula is C22H25NO4. The molecular weight excluding hydrogens is 342 g/mol. The van der Waals surface area contributed by atoms with Crippen molar-refractivity contribution in [3.8, 4) is 11.5 Å². The molecule has 0 atom stereocenters. The van der Waals surface area contributed by atoms with Gasteiger partial charge in [-0.05, 0) is 30.3 Å². The minimum atomic E-state index is -0.547. The molecule has 0 saturated carbocycles. The Morgan fingerprint density at radius 2 is 1.85 bits per heavy atom. The molecule has 0 N–H and O–H groups in total. The molecule has 1 fully saturated rings. The molecule has 5 heteroatoms. The van der Waals surface area contributed by atoms with Gasteiger partial charge in [0.1, 0.15) is 12.2 Å². The van der Waals surface area contributed by atoms with Crippen LogP contribution in [-0.4, -0.2) is 38.1 Å². The first kappa shape index (κ1) is 17.9. The second-order valence-corrected chi connectivity index (χ2v) is 7.38. The number of benzene rings is 2. The fourth-order valence-corrected chi connectivity index (χ4v) is 4.00. The van der Waals surface area contributed by atoms with Crippen LogP contribution in [0.4, 0.5) is 0 Å². The molecule has 5 nitrogen and oxygen atoms in total. The van der Waals surface area contributed by atoms with E-state index in [-0.39, 0.29) is 12.4 Å². The highest BCUT2D eigenvalue weighted by Crippen LogP contribution is 2.45. The average molecular weight is 367 g/mol. The van der Waals surface area contributed by atoms with Gasteiger partial charge in [0, 0.05) is 31.5 Å². The van der Waals surface area contributed by atoms with Gasteiger partial charge >= 0.3 is 5.97 Å². The standard InChI is InChI=1S/C22H25NO4/c1-23-10-8-22(9-11-23)18-14-20(26-15-16-6-4-3-5-7-16)19(25-2)12-17(18)13-21(24)27-22/h3-7,12,14H,8-11,13,15H2,1-2H3. The van der Waals surface area contributed by atoms with E-state index in [1.165, 1.54) is 0 Å². The van der Waals surface area contributed by atoms with Gasteiger partial charge in [-0.25, -0.2) is 0 Å². The van der Waals surface area contributed by atoms with Crippen molar-refractivity contribution in [2.75, 3.05) is 27.2 Å². The molecule has 2 aliphatic heterocycles. The van der Waals surface area contributed by atoms with Gasteiger partial charge in [0.25, 0.3) is 0 Å². The molecule has 2 aromatic carbocycles. The number of hydrogen-bond donors (Lipinski definition) is 0. The number of nitrogens with zero attached hydrogens (tertiary/aromatic N) is 1. The Morgan fingerprint density at radius 3 is 2.56 bits per heavy atom. The summed E-state index contributed by atoms with van der Waals surface area (Å²) in [6.45, 7) is 2.27. The van der Waals surface area contributed by atoms with Crippen molar-refractivity contribution in [1.29, 1.82) is 0 Å². The van der Waals surface area contributed by atoms with Crippen LogP contribution in [0.3, 0.4) is 0 Å². The Balaban J connectivity index is 1.68. The predicted octanol–water partition coefficient (Wildman–Crippen LogP) is 3.29. The van der Waals surface area contributed by atoms with Crippen molar-refractivity contribution in [3.05, 3.63) is 59.2 Å². The van der Waals surface area contributed by atoms with Crippen LogP contribution in [0.15, 0.2) is 42.5 Å². The number of methoxy groups -OCH3 is 1. The maximum absolute atomic E-state index is 12.3. The normalized spacial score (nSPS) is 18.7. The summed E-state index contributed by atoms with van der Waals surface area (Å²) in [5, 5.41) is 0. The maximum atomic E-state index is 12.3. The fourth-order valence-electron chi connectivity index (χ4n) is 4.00. The molecule has 4 rings (SSSR count). The molecule has 2 aromatic rings. The van der Waals surface area contributed by atoms with Gasteiger partial charge in [-0.2, -0.15) is 0 Å². The zero-order chi connectivity index (χ0) is 18.9. The lowest BCUT2D eigenvalue weighted by atomic mass is 9.79. The van der Waals surface area contributed by atoms with Gasteiger partial charge in [0.15, 0.2) is 11.5 Å². The molecule has 1 saturated heterocycles. The van der Waals surface area contributed by atoms with Crippen LogP contribution in [0.1, 0.15) is 29.5 Å². The maximum Gasteiger partial charge on any atom is 0.311 e. The highest BCUT2D eigenvalue weighted by Gasteiger charge is 2.44. The first-order valence-corrected chi connectivity index (χ1v) is 9.38. The van der Waals surface area contributed by atoms with E-state index >= 15 is 0 Å². The molecule has 2 heterocycles. The van der Waals surface area contributed by atoms with Crippen molar-refractivity contribution in [2.45, 2.75) is 31.5 Å². The molecule has 0 unspecified atom stereocenters. The highest BCUT2D eigenvalue weighted by molar-refractivity contribution is 5.77. The van der Waals surface area contributed by atoms with E-state index in [4.69, 9.17) is 14.2 Å². The number of rotatable bonds is 4. The quantitative estimate of drug-likeness (QED) is 0.776.